The Kier molecular flexibility index (Phi) is 4.15. The third-order valence-corrected chi connectivity index (χ3v) is 4.55. The first kappa shape index (κ1) is 15.3. The van der Waals surface area contributed by atoms with E-state index in [-0.39, 0.29) is 16.3 Å². The van der Waals surface area contributed by atoms with Crippen LogP contribution in [0, 0.1) is 17.0 Å². The molecular weight excluding hydrogens is 316 g/mol. The summed E-state index contributed by atoms with van der Waals surface area (Å²) in [4.78, 5) is 10.1. The first-order chi connectivity index (χ1) is 9.79. The summed E-state index contributed by atoms with van der Waals surface area (Å²) in [5, 5.41) is 11.0. The number of nitro groups is 1. The van der Waals surface area contributed by atoms with Crippen LogP contribution in [0.1, 0.15) is 5.56 Å². The van der Waals surface area contributed by atoms with Crippen LogP contribution in [0.25, 0.3) is 0 Å². The summed E-state index contributed by atoms with van der Waals surface area (Å²) in [6.07, 6.45) is 0. The molecule has 0 saturated heterocycles. The van der Waals surface area contributed by atoms with E-state index in [1.165, 1.54) is 30.3 Å². The van der Waals surface area contributed by atoms with Crippen molar-refractivity contribution in [1.29, 1.82) is 0 Å². The van der Waals surface area contributed by atoms with E-state index in [0.717, 1.165) is 11.6 Å². The highest BCUT2D eigenvalue weighted by Crippen LogP contribution is 2.23. The molecule has 0 aromatic heterocycles. The minimum atomic E-state index is -3.85. The number of halogens is 1. The number of rotatable bonds is 4. The van der Waals surface area contributed by atoms with Gasteiger partial charge in [-0.05, 0) is 30.7 Å². The lowest BCUT2D eigenvalue weighted by molar-refractivity contribution is -0.384. The van der Waals surface area contributed by atoms with Gasteiger partial charge in [-0.1, -0.05) is 23.7 Å². The summed E-state index contributed by atoms with van der Waals surface area (Å²) < 4.78 is 26.7. The van der Waals surface area contributed by atoms with Gasteiger partial charge in [-0.3, -0.25) is 14.8 Å². The lowest BCUT2D eigenvalue weighted by Crippen LogP contribution is -2.13. The molecule has 8 heteroatoms. The van der Waals surface area contributed by atoms with Crippen LogP contribution in [0.4, 0.5) is 11.4 Å². The van der Waals surface area contributed by atoms with Crippen molar-refractivity contribution in [2.45, 2.75) is 11.8 Å². The molecule has 0 amide bonds. The normalized spacial score (nSPS) is 11.1. The number of non-ortho nitro benzene ring substituents is 1. The molecule has 2 aromatic rings. The smallest absolute Gasteiger partial charge is 0.271 e. The molecule has 0 aliphatic heterocycles. The maximum atomic E-state index is 12.2. The zero-order chi connectivity index (χ0) is 15.6. The van der Waals surface area contributed by atoms with Gasteiger partial charge >= 0.3 is 0 Å². The van der Waals surface area contributed by atoms with Crippen LogP contribution in [0.3, 0.4) is 0 Å². The van der Waals surface area contributed by atoms with Gasteiger partial charge in [0.1, 0.15) is 0 Å². The van der Waals surface area contributed by atoms with Crippen LogP contribution in [0.15, 0.2) is 47.4 Å². The van der Waals surface area contributed by atoms with Crippen LogP contribution in [-0.2, 0) is 10.0 Å². The van der Waals surface area contributed by atoms with E-state index in [9.17, 15) is 18.5 Å². The summed E-state index contributed by atoms with van der Waals surface area (Å²) in [6.45, 7) is 1.76. The first-order valence-corrected chi connectivity index (χ1v) is 7.69. The number of anilines is 1. The Morgan fingerprint density at radius 1 is 1.19 bits per heavy atom. The van der Waals surface area contributed by atoms with E-state index in [0.29, 0.717) is 5.02 Å². The largest absolute Gasteiger partial charge is 0.279 e. The number of hydrogen-bond acceptors (Lipinski definition) is 4. The highest BCUT2D eigenvalue weighted by Gasteiger charge is 2.16. The van der Waals surface area contributed by atoms with Crippen molar-refractivity contribution >= 4 is 33.0 Å². The van der Waals surface area contributed by atoms with Gasteiger partial charge in [-0.2, -0.15) is 0 Å². The van der Waals surface area contributed by atoms with Gasteiger partial charge in [-0.25, -0.2) is 8.42 Å². The molecule has 21 heavy (non-hydrogen) atoms. The molecule has 0 atom stereocenters. The number of benzene rings is 2. The quantitative estimate of drug-likeness (QED) is 0.689. The van der Waals surface area contributed by atoms with Crippen molar-refractivity contribution in [1.82, 2.24) is 0 Å². The van der Waals surface area contributed by atoms with Crippen molar-refractivity contribution in [3.05, 3.63) is 63.2 Å². The molecular formula is C13H11ClN2O4S. The predicted octanol–water partition coefficient (Wildman–Crippen LogP) is 3.36. The highest BCUT2D eigenvalue weighted by atomic mass is 35.5. The molecule has 110 valence electrons. The molecule has 6 nitrogen and oxygen atoms in total. The van der Waals surface area contributed by atoms with E-state index in [4.69, 9.17) is 11.6 Å². The number of nitro benzene ring substituents is 1. The summed E-state index contributed by atoms with van der Waals surface area (Å²) >= 11 is 5.91. The molecule has 0 aliphatic rings. The number of sulfonamides is 1. The van der Waals surface area contributed by atoms with Crippen molar-refractivity contribution in [2.75, 3.05) is 4.72 Å². The van der Waals surface area contributed by atoms with E-state index in [1.807, 2.05) is 0 Å². The number of nitrogens with zero attached hydrogens (tertiary/aromatic N) is 1. The van der Waals surface area contributed by atoms with Gasteiger partial charge in [0.25, 0.3) is 15.7 Å². The van der Waals surface area contributed by atoms with Crippen molar-refractivity contribution in [2.24, 2.45) is 0 Å². The van der Waals surface area contributed by atoms with E-state index < -0.39 is 14.9 Å². The van der Waals surface area contributed by atoms with Crippen LogP contribution in [0.2, 0.25) is 5.02 Å². The van der Waals surface area contributed by atoms with E-state index >= 15 is 0 Å². The second-order valence-corrected chi connectivity index (χ2v) is 6.41. The Labute approximate surface area is 126 Å². The standard InChI is InChI=1S/C13H11ClN2O4S/c1-9-5-6-12(8-13(9)14)21(19,20)15-10-3-2-4-11(7-10)16(17)18/h2-8,15H,1H3. The molecule has 0 radical (unpaired) electrons. The molecule has 0 bridgehead atoms. The maximum absolute atomic E-state index is 12.2. The summed E-state index contributed by atoms with van der Waals surface area (Å²) in [7, 11) is -3.85. The number of aryl methyl sites for hydroxylation is 1. The zero-order valence-corrected chi connectivity index (χ0v) is 12.5. The molecule has 2 rings (SSSR count). The van der Waals surface area contributed by atoms with Crippen molar-refractivity contribution in [3.8, 4) is 0 Å². The Morgan fingerprint density at radius 2 is 1.90 bits per heavy atom. The fraction of sp³-hybridized carbons (Fsp3) is 0.0769. The van der Waals surface area contributed by atoms with Gasteiger partial charge in [0.2, 0.25) is 0 Å². The average Bonchev–Trinajstić information content (AvgIpc) is 2.41. The lowest BCUT2D eigenvalue weighted by atomic mass is 10.2. The maximum Gasteiger partial charge on any atom is 0.271 e. The molecule has 0 fully saturated rings. The fourth-order valence-electron chi connectivity index (χ4n) is 1.64. The van der Waals surface area contributed by atoms with Crippen LogP contribution in [-0.4, -0.2) is 13.3 Å². The summed E-state index contributed by atoms with van der Waals surface area (Å²) in [5.74, 6) is 0. The molecule has 0 unspecified atom stereocenters. The first-order valence-electron chi connectivity index (χ1n) is 5.83. The Bertz CT molecular complexity index is 806. The van der Waals surface area contributed by atoms with Gasteiger partial charge in [0.05, 0.1) is 15.5 Å². The second kappa shape index (κ2) is 5.71. The third-order valence-electron chi connectivity index (χ3n) is 2.76. The Hall–Kier alpha value is -2.12. The topological polar surface area (TPSA) is 89.3 Å². The number of nitrogens with one attached hydrogen (secondary N) is 1. The fourth-order valence-corrected chi connectivity index (χ4v) is 2.96. The minimum absolute atomic E-state index is 0.00962. The second-order valence-electron chi connectivity index (χ2n) is 4.32. The molecule has 2 aromatic carbocycles. The molecule has 0 saturated carbocycles. The molecule has 0 aliphatic carbocycles. The Morgan fingerprint density at radius 3 is 2.52 bits per heavy atom. The van der Waals surface area contributed by atoms with Gasteiger partial charge in [-0.15, -0.1) is 0 Å². The van der Waals surface area contributed by atoms with E-state index in [2.05, 4.69) is 4.72 Å². The average molecular weight is 327 g/mol. The van der Waals surface area contributed by atoms with Crippen LogP contribution in [0.5, 0.6) is 0 Å². The lowest BCUT2D eigenvalue weighted by Gasteiger charge is -2.09. The minimum Gasteiger partial charge on any atom is -0.279 e. The predicted molar refractivity (Wildman–Crippen MR) is 80.1 cm³/mol. The van der Waals surface area contributed by atoms with Crippen molar-refractivity contribution in [3.63, 3.8) is 0 Å². The van der Waals surface area contributed by atoms with E-state index in [1.54, 1.807) is 13.0 Å². The molecule has 0 spiro atoms. The molecule has 0 heterocycles. The summed E-state index contributed by atoms with van der Waals surface area (Å²) in [6, 6.07) is 9.59. The van der Waals surface area contributed by atoms with Crippen molar-refractivity contribution < 1.29 is 13.3 Å². The monoisotopic (exact) mass is 326 g/mol. The molecule has 1 N–H and O–H groups in total. The SMILES string of the molecule is Cc1ccc(S(=O)(=O)Nc2cccc([N+](=O)[O-])c2)cc1Cl. The zero-order valence-electron chi connectivity index (χ0n) is 10.9. The van der Waals surface area contributed by atoms with Gasteiger partial charge in [0, 0.05) is 17.2 Å². The third kappa shape index (κ3) is 3.50. The Balaban J connectivity index is 2.35. The van der Waals surface area contributed by atoms with Gasteiger partial charge < -0.3 is 0 Å². The van der Waals surface area contributed by atoms with Crippen LogP contribution >= 0.6 is 11.6 Å². The highest BCUT2D eigenvalue weighted by molar-refractivity contribution is 7.92. The van der Waals surface area contributed by atoms with Crippen LogP contribution < -0.4 is 4.72 Å². The number of hydrogen-bond donors (Lipinski definition) is 1. The van der Waals surface area contributed by atoms with Gasteiger partial charge in [0.15, 0.2) is 0 Å². The summed E-state index contributed by atoms with van der Waals surface area (Å²) in [5.41, 5.74) is 0.670.